The van der Waals surface area contributed by atoms with Crippen molar-refractivity contribution >= 4 is 10.1 Å². The summed E-state index contributed by atoms with van der Waals surface area (Å²) in [6.45, 7) is 2.29. The Morgan fingerprint density at radius 1 is 0.471 bits per heavy atom. The molecule has 0 N–H and O–H groups in total. The molecule has 0 atom stereocenters. The van der Waals surface area contributed by atoms with Crippen LogP contribution in [0.25, 0.3) is 0 Å². The Morgan fingerprint density at radius 3 is 1.00 bits per heavy atom. The summed E-state index contributed by atoms with van der Waals surface area (Å²) in [5, 5.41) is 0. The van der Waals surface area contributed by atoms with Gasteiger partial charge in [-0.3, -0.25) is 0 Å². The summed E-state index contributed by atoms with van der Waals surface area (Å²) in [5.74, 6) is -0.369. The molecule has 0 fully saturated rings. The standard InChI is InChI=1S/C29H58O3S.Na/c1-2-3-4-5-6-7-8-9-10-11-12-13-14-15-16-17-18-19-20-21-22-23-24-25-26-27-28-29-33(30,31)32;/h27-28H,2-26,29H2,1H3,(H,30,31,32);/q;+1/p-1/b28-27+;. The fourth-order valence-corrected chi connectivity index (χ4v) is 4.90. The Labute approximate surface area is 236 Å². The van der Waals surface area contributed by atoms with Gasteiger partial charge in [0.15, 0.2) is 0 Å². The van der Waals surface area contributed by atoms with Crippen LogP contribution in [0.1, 0.15) is 167 Å². The van der Waals surface area contributed by atoms with E-state index in [9.17, 15) is 13.0 Å². The van der Waals surface area contributed by atoms with E-state index in [1.165, 1.54) is 154 Å². The van der Waals surface area contributed by atoms with Crippen LogP contribution in [0.2, 0.25) is 0 Å². The average molecular weight is 509 g/mol. The normalized spacial score (nSPS) is 11.8. The molecule has 3 nitrogen and oxygen atoms in total. The minimum Gasteiger partial charge on any atom is -0.748 e. The summed E-state index contributed by atoms with van der Waals surface area (Å²) in [6, 6.07) is 0. The third-order valence-electron chi connectivity index (χ3n) is 6.69. The van der Waals surface area contributed by atoms with Crippen LogP contribution in [0.5, 0.6) is 0 Å². The molecule has 0 heterocycles. The first-order chi connectivity index (χ1) is 16.1. The molecule has 0 spiro atoms. The number of allylic oxidation sites excluding steroid dienone is 1. The number of hydrogen-bond donors (Lipinski definition) is 0. The molecule has 0 saturated heterocycles. The van der Waals surface area contributed by atoms with Crippen LogP contribution in [0.4, 0.5) is 0 Å². The molecule has 0 aromatic rings. The topological polar surface area (TPSA) is 57.2 Å². The number of hydrogen-bond acceptors (Lipinski definition) is 3. The van der Waals surface area contributed by atoms with Crippen molar-refractivity contribution in [3.8, 4) is 0 Å². The third kappa shape index (κ3) is 34.8. The fraction of sp³-hybridized carbons (Fsp3) is 0.931. The second kappa shape index (κ2) is 29.9. The molecule has 0 aliphatic heterocycles. The van der Waals surface area contributed by atoms with Gasteiger partial charge >= 0.3 is 29.6 Å². The van der Waals surface area contributed by atoms with Gasteiger partial charge in [0.05, 0.1) is 15.9 Å². The van der Waals surface area contributed by atoms with Gasteiger partial charge in [-0.1, -0.05) is 167 Å². The van der Waals surface area contributed by atoms with Crippen LogP contribution in [-0.2, 0) is 10.1 Å². The smallest absolute Gasteiger partial charge is 0.748 e. The minimum absolute atomic E-state index is 0. The van der Waals surface area contributed by atoms with E-state index in [2.05, 4.69) is 6.92 Å². The molecule has 0 aliphatic carbocycles. The first-order valence-corrected chi connectivity index (χ1v) is 16.2. The molecule has 0 radical (unpaired) electrons. The molecule has 0 aliphatic rings. The summed E-state index contributed by atoms with van der Waals surface area (Å²) < 4.78 is 31.4. The molecule has 0 amide bonds. The van der Waals surface area contributed by atoms with Gasteiger partial charge in [0.2, 0.25) is 0 Å². The van der Waals surface area contributed by atoms with E-state index < -0.39 is 10.1 Å². The van der Waals surface area contributed by atoms with Crippen LogP contribution in [0.3, 0.4) is 0 Å². The number of unbranched alkanes of at least 4 members (excludes halogenated alkanes) is 24. The Bertz CT molecular complexity index is 506. The van der Waals surface area contributed by atoms with Crippen LogP contribution in [0, 0.1) is 0 Å². The van der Waals surface area contributed by atoms with Gasteiger partial charge in [0, 0.05) is 0 Å². The van der Waals surface area contributed by atoms with Crippen molar-refractivity contribution < 1.29 is 42.5 Å². The molecule has 0 saturated carbocycles. The van der Waals surface area contributed by atoms with Crippen molar-refractivity contribution in [3.05, 3.63) is 12.2 Å². The maximum atomic E-state index is 10.5. The van der Waals surface area contributed by atoms with Crippen LogP contribution in [0.15, 0.2) is 12.2 Å². The van der Waals surface area contributed by atoms with Crippen LogP contribution < -0.4 is 29.6 Å². The Hall–Kier alpha value is 0.650. The van der Waals surface area contributed by atoms with E-state index in [1.807, 2.05) is 6.08 Å². The Kier molecular flexibility index (Phi) is 32.3. The van der Waals surface area contributed by atoms with Crippen molar-refractivity contribution in [2.45, 2.75) is 167 Å². The molecular weight excluding hydrogens is 451 g/mol. The molecule has 0 bridgehead atoms. The largest absolute Gasteiger partial charge is 1.00 e. The SMILES string of the molecule is CCCCCCCCCCCCCCCCCCCCCCCCCC/C=C/CS(=O)(=O)[O-].[Na+]. The molecule has 5 heteroatoms. The van der Waals surface area contributed by atoms with Crippen molar-refractivity contribution in [3.63, 3.8) is 0 Å². The molecule has 0 aromatic heterocycles. The van der Waals surface area contributed by atoms with Gasteiger partial charge in [-0.25, -0.2) is 8.42 Å². The summed E-state index contributed by atoms with van der Waals surface area (Å²) in [7, 11) is -4.09. The van der Waals surface area contributed by atoms with E-state index in [4.69, 9.17) is 0 Å². The zero-order valence-electron chi connectivity index (χ0n) is 23.2. The van der Waals surface area contributed by atoms with E-state index in [1.54, 1.807) is 0 Å². The predicted octanol–water partition coefficient (Wildman–Crippen LogP) is 6.86. The first kappa shape index (κ1) is 36.8. The molecule has 0 aromatic carbocycles. The van der Waals surface area contributed by atoms with E-state index >= 15 is 0 Å². The summed E-state index contributed by atoms with van der Waals surface area (Å²) in [6.07, 6.45) is 37.7. The van der Waals surface area contributed by atoms with E-state index in [-0.39, 0.29) is 35.3 Å². The number of rotatable bonds is 27. The molecule has 34 heavy (non-hydrogen) atoms. The Balaban J connectivity index is 0. The van der Waals surface area contributed by atoms with Crippen molar-refractivity contribution in [2.75, 3.05) is 5.75 Å². The summed E-state index contributed by atoms with van der Waals surface area (Å²) in [5.41, 5.74) is 0. The maximum Gasteiger partial charge on any atom is 1.00 e. The monoisotopic (exact) mass is 508 g/mol. The van der Waals surface area contributed by atoms with Gasteiger partial charge in [0.25, 0.3) is 0 Å². The maximum absolute atomic E-state index is 10.5. The first-order valence-electron chi connectivity index (χ1n) is 14.6. The van der Waals surface area contributed by atoms with Gasteiger partial charge in [0.1, 0.15) is 0 Å². The molecule has 0 unspecified atom stereocenters. The second-order valence-corrected chi connectivity index (χ2v) is 11.6. The third-order valence-corrected chi connectivity index (χ3v) is 7.29. The van der Waals surface area contributed by atoms with Crippen LogP contribution >= 0.6 is 0 Å². The summed E-state index contributed by atoms with van der Waals surface area (Å²) >= 11 is 0. The second-order valence-electron chi connectivity index (χ2n) is 10.1. The van der Waals surface area contributed by atoms with E-state index in [0.717, 1.165) is 12.8 Å². The van der Waals surface area contributed by atoms with Crippen LogP contribution in [-0.4, -0.2) is 18.7 Å². The fourth-order valence-electron chi connectivity index (χ4n) is 4.53. The zero-order valence-corrected chi connectivity index (χ0v) is 26.0. The van der Waals surface area contributed by atoms with Gasteiger partial charge in [-0.15, -0.1) is 0 Å². The van der Waals surface area contributed by atoms with Crippen molar-refractivity contribution in [2.24, 2.45) is 0 Å². The quantitative estimate of drug-likeness (QED) is 0.0527. The predicted molar refractivity (Wildman–Crippen MR) is 145 cm³/mol. The van der Waals surface area contributed by atoms with Crippen molar-refractivity contribution in [1.82, 2.24) is 0 Å². The average Bonchev–Trinajstić information content (AvgIpc) is 2.78. The van der Waals surface area contributed by atoms with Crippen molar-refractivity contribution in [1.29, 1.82) is 0 Å². The van der Waals surface area contributed by atoms with E-state index in [0.29, 0.717) is 0 Å². The molecule has 198 valence electrons. The molecular formula is C29H57NaO3S. The van der Waals surface area contributed by atoms with Gasteiger partial charge in [-0.2, -0.15) is 0 Å². The van der Waals surface area contributed by atoms with Gasteiger partial charge in [-0.05, 0) is 12.8 Å². The summed E-state index contributed by atoms with van der Waals surface area (Å²) in [4.78, 5) is 0. The minimum atomic E-state index is -4.09. The van der Waals surface area contributed by atoms with Gasteiger partial charge < -0.3 is 4.55 Å². The molecule has 0 rings (SSSR count). The zero-order chi connectivity index (χ0) is 24.3. The Morgan fingerprint density at radius 2 is 0.735 bits per heavy atom.